The first-order chi connectivity index (χ1) is 9.29. The molecule has 0 saturated carbocycles. The molecule has 20 heavy (non-hydrogen) atoms. The van der Waals surface area contributed by atoms with Gasteiger partial charge in [0.1, 0.15) is 11.5 Å². The molecule has 0 unspecified atom stereocenters. The highest BCUT2D eigenvalue weighted by Gasteiger charge is 2.23. The van der Waals surface area contributed by atoms with E-state index in [0.29, 0.717) is 0 Å². The number of carbonyl (C=O) groups is 1. The van der Waals surface area contributed by atoms with Crippen LogP contribution in [0.15, 0.2) is 16.6 Å². The van der Waals surface area contributed by atoms with Gasteiger partial charge in [-0.05, 0) is 24.3 Å². The monoisotopic (exact) mass is 344 g/mol. The van der Waals surface area contributed by atoms with Crippen LogP contribution in [0.3, 0.4) is 0 Å². The molecule has 0 aromatic heterocycles. The molecule has 0 bridgehead atoms. The molecule has 112 valence electrons. The first kappa shape index (κ1) is 16.8. The van der Waals surface area contributed by atoms with Crippen molar-refractivity contribution in [1.29, 1.82) is 0 Å². The summed E-state index contributed by atoms with van der Waals surface area (Å²) in [5.74, 6) is 0.709. The fourth-order valence-corrected chi connectivity index (χ4v) is 2.71. The second kappa shape index (κ2) is 6.97. The van der Waals surface area contributed by atoms with Gasteiger partial charge in [-0.15, -0.1) is 0 Å². The van der Waals surface area contributed by atoms with Crippen molar-refractivity contribution < 1.29 is 19.4 Å². The Balaban J connectivity index is 2.89. The van der Waals surface area contributed by atoms with Crippen molar-refractivity contribution >= 4 is 21.9 Å². The molecule has 0 aliphatic heterocycles. The number of carboxylic acid groups (broad SMARTS) is 1. The predicted octanol–water partition coefficient (Wildman–Crippen LogP) is 3.90. The average Bonchev–Trinajstić information content (AvgIpc) is 2.34. The van der Waals surface area contributed by atoms with Gasteiger partial charge >= 0.3 is 5.97 Å². The van der Waals surface area contributed by atoms with Gasteiger partial charge in [-0.25, -0.2) is 0 Å². The third kappa shape index (κ3) is 4.71. The third-order valence-electron chi connectivity index (χ3n) is 3.27. The summed E-state index contributed by atoms with van der Waals surface area (Å²) in [5.41, 5.74) is 0.780. The Morgan fingerprint density at radius 3 is 2.45 bits per heavy atom. The quantitative estimate of drug-likeness (QED) is 0.814. The van der Waals surface area contributed by atoms with Gasteiger partial charge in [0.2, 0.25) is 0 Å². The zero-order chi connectivity index (χ0) is 15.3. The molecular formula is C15H21BrO4. The number of rotatable bonds is 7. The molecule has 4 nitrogen and oxygen atoms in total. The van der Waals surface area contributed by atoms with E-state index >= 15 is 0 Å². The number of methoxy groups -OCH3 is 2. The van der Waals surface area contributed by atoms with Crippen LogP contribution in [0.2, 0.25) is 0 Å². The highest BCUT2D eigenvalue weighted by atomic mass is 79.9. The van der Waals surface area contributed by atoms with E-state index in [2.05, 4.69) is 15.9 Å². The molecule has 5 heteroatoms. The Bertz CT molecular complexity index is 483. The minimum atomic E-state index is -0.768. The first-order valence-electron chi connectivity index (χ1n) is 6.41. The van der Waals surface area contributed by atoms with Crippen LogP contribution in [-0.2, 0) is 11.2 Å². The van der Waals surface area contributed by atoms with E-state index < -0.39 is 5.97 Å². The lowest BCUT2D eigenvalue weighted by atomic mass is 9.83. The summed E-state index contributed by atoms with van der Waals surface area (Å²) in [6, 6.07) is 3.73. The molecule has 0 aliphatic rings. The summed E-state index contributed by atoms with van der Waals surface area (Å²) >= 11 is 3.52. The van der Waals surface area contributed by atoms with Crippen molar-refractivity contribution in [2.45, 2.75) is 33.1 Å². The first-order valence-corrected chi connectivity index (χ1v) is 7.20. The molecule has 1 aromatic rings. The number of hydrogen-bond donors (Lipinski definition) is 1. The molecule has 0 radical (unpaired) electrons. The summed E-state index contributed by atoms with van der Waals surface area (Å²) < 4.78 is 11.5. The molecule has 1 aromatic carbocycles. The largest absolute Gasteiger partial charge is 0.497 e. The van der Waals surface area contributed by atoms with Gasteiger partial charge in [0.05, 0.1) is 20.6 Å². The molecule has 1 N–H and O–H groups in total. The zero-order valence-electron chi connectivity index (χ0n) is 12.3. The van der Waals surface area contributed by atoms with Gasteiger partial charge in [0, 0.05) is 16.1 Å². The molecule has 0 aliphatic carbocycles. The molecule has 0 amide bonds. The van der Waals surface area contributed by atoms with Crippen molar-refractivity contribution in [3.8, 4) is 11.5 Å². The van der Waals surface area contributed by atoms with Gasteiger partial charge in [0.25, 0.3) is 0 Å². The molecule has 0 atom stereocenters. The molecule has 0 heterocycles. The second-order valence-electron chi connectivity index (χ2n) is 5.52. The van der Waals surface area contributed by atoms with E-state index in [4.69, 9.17) is 14.6 Å². The molecule has 0 fully saturated rings. The minimum Gasteiger partial charge on any atom is -0.497 e. The fourth-order valence-electron chi connectivity index (χ4n) is 2.09. The highest BCUT2D eigenvalue weighted by Crippen LogP contribution is 2.36. The van der Waals surface area contributed by atoms with Crippen LogP contribution >= 0.6 is 15.9 Å². The normalized spacial score (nSPS) is 11.2. The van der Waals surface area contributed by atoms with Gasteiger partial charge < -0.3 is 14.6 Å². The minimum absolute atomic E-state index is 0.156. The van der Waals surface area contributed by atoms with E-state index in [1.807, 2.05) is 26.0 Å². The number of carboxylic acids is 1. The number of benzene rings is 1. The van der Waals surface area contributed by atoms with E-state index in [9.17, 15) is 4.79 Å². The van der Waals surface area contributed by atoms with Crippen molar-refractivity contribution in [3.63, 3.8) is 0 Å². The number of aliphatic carboxylic acids is 1. The van der Waals surface area contributed by atoms with Crippen molar-refractivity contribution in [2.75, 3.05) is 14.2 Å². The average molecular weight is 345 g/mol. The Hall–Kier alpha value is -1.23. The van der Waals surface area contributed by atoms with E-state index in [1.54, 1.807) is 14.2 Å². The van der Waals surface area contributed by atoms with Crippen molar-refractivity contribution in [3.05, 3.63) is 22.2 Å². The SMILES string of the molecule is COc1cc(Br)c(CCC(C)(C)CC(=O)O)c(OC)c1. The Kier molecular flexibility index (Phi) is 5.87. The summed E-state index contributed by atoms with van der Waals surface area (Å²) in [6.07, 6.45) is 1.66. The molecule has 0 spiro atoms. The van der Waals surface area contributed by atoms with Crippen LogP contribution in [0.5, 0.6) is 11.5 Å². The van der Waals surface area contributed by atoms with Gasteiger partial charge in [-0.1, -0.05) is 29.8 Å². The van der Waals surface area contributed by atoms with Crippen molar-refractivity contribution in [1.82, 2.24) is 0 Å². The lowest BCUT2D eigenvalue weighted by molar-refractivity contribution is -0.139. The summed E-state index contributed by atoms with van der Waals surface area (Å²) in [6.45, 7) is 3.93. The van der Waals surface area contributed by atoms with E-state index in [0.717, 1.165) is 34.4 Å². The predicted molar refractivity (Wildman–Crippen MR) is 81.6 cm³/mol. The maximum atomic E-state index is 10.8. The van der Waals surface area contributed by atoms with E-state index in [-0.39, 0.29) is 11.8 Å². The number of halogens is 1. The third-order valence-corrected chi connectivity index (χ3v) is 3.97. The van der Waals surface area contributed by atoms with Crippen LogP contribution in [0.4, 0.5) is 0 Å². The fraction of sp³-hybridized carbons (Fsp3) is 0.533. The van der Waals surface area contributed by atoms with Gasteiger partial charge in [-0.2, -0.15) is 0 Å². The van der Waals surface area contributed by atoms with Crippen LogP contribution in [0.25, 0.3) is 0 Å². The molecule has 0 saturated heterocycles. The summed E-state index contributed by atoms with van der Waals surface area (Å²) in [4.78, 5) is 10.8. The van der Waals surface area contributed by atoms with Gasteiger partial charge in [-0.3, -0.25) is 4.79 Å². The Morgan fingerprint density at radius 2 is 1.95 bits per heavy atom. The lowest BCUT2D eigenvalue weighted by Gasteiger charge is -2.23. The maximum Gasteiger partial charge on any atom is 0.303 e. The number of ether oxygens (including phenoxy) is 2. The molecular weight excluding hydrogens is 324 g/mol. The van der Waals surface area contributed by atoms with Crippen LogP contribution < -0.4 is 9.47 Å². The topological polar surface area (TPSA) is 55.8 Å². The number of hydrogen-bond acceptors (Lipinski definition) is 3. The van der Waals surface area contributed by atoms with Crippen LogP contribution in [0.1, 0.15) is 32.3 Å². The zero-order valence-corrected chi connectivity index (χ0v) is 13.9. The highest BCUT2D eigenvalue weighted by molar-refractivity contribution is 9.10. The Labute approximate surface area is 128 Å². The lowest BCUT2D eigenvalue weighted by Crippen LogP contribution is -2.17. The van der Waals surface area contributed by atoms with Gasteiger partial charge in [0.15, 0.2) is 0 Å². The van der Waals surface area contributed by atoms with Crippen molar-refractivity contribution in [2.24, 2.45) is 5.41 Å². The van der Waals surface area contributed by atoms with Crippen LogP contribution in [-0.4, -0.2) is 25.3 Å². The summed E-state index contributed by atoms with van der Waals surface area (Å²) in [7, 11) is 3.23. The molecule has 1 rings (SSSR count). The van der Waals surface area contributed by atoms with Crippen LogP contribution in [0, 0.1) is 5.41 Å². The summed E-state index contributed by atoms with van der Waals surface area (Å²) in [5, 5.41) is 8.92. The maximum absolute atomic E-state index is 10.8. The van der Waals surface area contributed by atoms with E-state index in [1.165, 1.54) is 0 Å². The second-order valence-corrected chi connectivity index (χ2v) is 6.38. The smallest absolute Gasteiger partial charge is 0.303 e. The standard InChI is InChI=1S/C15H21BrO4/c1-15(2,9-14(17)18)6-5-11-12(16)7-10(19-3)8-13(11)20-4/h7-8H,5-6,9H2,1-4H3,(H,17,18). The Morgan fingerprint density at radius 1 is 1.30 bits per heavy atom.